The Hall–Kier alpha value is -3.72. The zero-order chi connectivity index (χ0) is 24.8. The minimum Gasteiger partial charge on any atom is -0.481 e. The van der Waals surface area contributed by atoms with E-state index < -0.39 is 24.0 Å². The Morgan fingerprint density at radius 3 is 2.37 bits per heavy atom. The van der Waals surface area contributed by atoms with E-state index in [0.29, 0.717) is 11.4 Å². The minimum absolute atomic E-state index is 0.0230. The normalized spacial score (nSPS) is 12.9. The Morgan fingerprint density at radius 1 is 1.09 bits per heavy atom. The summed E-state index contributed by atoms with van der Waals surface area (Å²) >= 11 is 1.24. The zero-order valence-corrected chi connectivity index (χ0v) is 20.1. The molecule has 0 radical (unpaired) electrons. The molecule has 1 aliphatic rings. The molecule has 2 aromatic carbocycles. The van der Waals surface area contributed by atoms with E-state index in [0.717, 1.165) is 28.7 Å². The number of nitrogens with zero attached hydrogens (tertiary/aromatic N) is 1. The maximum Gasteiger partial charge on any atom is 0.407 e. The van der Waals surface area contributed by atoms with Crippen molar-refractivity contribution in [3.63, 3.8) is 0 Å². The van der Waals surface area contributed by atoms with Crippen molar-refractivity contribution < 1.29 is 24.2 Å². The summed E-state index contributed by atoms with van der Waals surface area (Å²) in [5.41, 5.74) is 4.80. The van der Waals surface area contributed by atoms with Crippen molar-refractivity contribution in [2.24, 2.45) is 0 Å². The average Bonchev–Trinajstić information content (AvgIpc) is 3.44. The maximum absolute atomic E-state index is 12.4. The van der Waals surface area contributed by atoms with Gasteiger partial charge in [-0.15, -0.1) is 11.3 Å². The Morgan fingerprint density at radius 2 is 1.74 bits per heavy atom. The highest BCUT2D eigenvalue weighted by atomic mass is 32.1. The van der Waals surface area contributed by atoms with E-state index in [9.17, 15) is 14.4 Å². The molecule has 1 atom stereocenters. The van der Waals surface area contributed by atoms with Crippen molar-refractivity contribution in [1.29, 1.82) is 0 Å². The van der Waals surface area contributed by atoms with Crippen LogP contribution in [0.1, 0.15) is 58.7 Å². The lowest BCUT2D eigenvalue weighted by atomic mass is 9.98. The van der Waals surface area contributed by atoms with Gasteiger partial charge in [0.05, 0.1) is 13.0 Å². The first-order chi connectivity index (χ1) is 17.0. The zero-order valence-electron chi connectivity index (χ0n) is 19.3. The second-order valence-corrected chi connectivity index (χ2v) is 9.31. The number of ether oxygens (including phenoxy) is 1. The average molecular weight is 494 g/mol. The second-order valence-electron chi connectivity index (χ2n) is 8.36. The van der Waals surface area contributed by atoms with Crippen molar-refractivity contribution in [2.45, 2.75) is 44.7 Å². The predicted molar refractivity (Wildman–Crippen MR) is 132 cm³/mol. The van der Waals surface area contributed by atoms with E-state index in [1.165, 1.54) is 11.3 Å². The lowest BCUT2D eigenvalue weighted by Gasteiger charge is -2.15. The van der Waals surface area contributed by atoms with Gasteiger partial charge in [0, 0.05) is 17.3 Å². The third-order valence-corrected chi connectivity index (χ3v) is 6.75. The third-order valence-electron chi connectivity index (χ3n) is 5.91. The lowest BCUT2D eigenvalue weighted by Crippen LogP contribution is -2.36. The van der Waals surface area contributed by atoms with Gasteiger partial charge in [0.15, 0.2) is 0 Å². The first-order valence-corrected chi connectivity index (χ1v) is 12.4. The van der Waals surface area contributed by atoms with Crippen LogP contribution < -0.4 is 10.6 Å². The molecule has 2 amide bonds. The van der Waals surface area contributed by atoms with Gasteiger partial charge < -0.3 is 20.5 Å². The first kappa shape index (κ1) is 24.4. The van der Waals surface area contributed by atoms with E-state index in [4.69, 9.17) is 9.84 Å². The minimum atomic E-state index is -0.963. The van der Waals surface area contributed by atoms with Crippen molar-refractivity contribution in [2.75, 3.05) is 6.61 Å². The van der Waals surface area contributed by atoms with E-state index in [-0.39, 0.29) is 31.2 Å². The van der Waals surface area contributed by atoms with Crippen LogP contribution in [0.25, 0.3) is 11.1 Å². The Kier molecular flexibility index (Phi) is 7.77. The van der Waals surface area contributed by atoms with Gasteiger partial charge in [-0.3, -0.25) is 9.59 Å². The smallest absolute Gasteiger partial charge is 0.407 e. The molecule has 0 aliphatic heterocycles. The molecule has 0 saturated carbocycles. The maximum atomic E-state index is 12.4. The van der Waals surface area contributed by atoms with Crippen LogP contribution in [0.15, 0.2) is 53.9 Å². The number of hydrogen-bond donors (Lipinski definition) is 3. The molecular weight excluding hydrogens is 466 g/mol. The number of fused-ring (bicyclic) bond motifs is 3. The monoisotopic (exact) mass is 493 g/mol. The van der Waals surface area contributed by atoms with Gasteiger partial charge in [0.1, 0.15) is 17.3 Å². The fourth-order valence-electron chi connectivity index (χ4n) is 4.34. The molecular formula is C26H27N3O5S. The number of carboxylic acids is 1. The highest BCUT2D eigenvalue weighted by molar-refractivity contribution is 7.09. The molecule has 0 fully saturated rings. The predicted octanol–water partition coefficient (Wildman–Crippen LogP) is 4.56. The highest BCUT2D eigenvalue weighted by Crippen LogP contribution is 2.44. The standard InChI is InChI=1S/C26H27N3O5S/c1-2-7-16(12-24(30)31)28-25(32)22-15-35-23(29-22)13-27-26(33)34-14-21-19-10-5-3-8-17(19)18-9-4-6-11-20(18)21/h3-6,8-11,15-16,21H,2,7,12-14H2,1H3,(H,27,33)(H,28,32)(H,30,31)/t16-/m0/s1. The summed E-state index contributed by atoms with van der Waals surface area (Å²) in [6.07, 6.45) is 0.626. The quantitative estimate of drug-likeness (QED) is 0.381. The van der Waals surface area contributed by atoms with Gasteiger partial charge in [0.2, 0.25) is 0 Å². The Balaban J connectivity index is 1.29. The van der Waals surface area contributed by atoms with Crippen LogP contribution in [0, 0.1) is 0 Å². The van der Waals surface area contributed by atoms with E-state index in [2.05, 4.69) is 39.9 Å². The molecule has 182 valence electrons. The van der Waals surface area contributed by atoms with Crippen molar-refractivity contribution in [1.82, 2.24) is 15.6 Å². The molecule has 1 aliphatic carbocycles. The largest absolute Gasteiger partial charge is 0.481 e. The van der Waals surface area contributed by atoms with Gasteiger partial charge in [-0.2, -0.15) is 0 Å². The lowest BCUT2D eigenvalue weighted by molar-refractivity contribution is -0.137. The summed E-state index contributed by atoms with van der Waals surface area (Å²) in [5, 5.41) is 16.6. The van der Waals surface area contributed by atoms with Gasteiger partial charge in [-0.25, -0.2) is 9.78 Å². The fourth-order valence-corrected chi connectivity index (χ4v) is 5.05. The number of carboxylic acid groups (broad SMARTS) is 1. The summed E-state index contributed by atoms with van der Waals surface area (Å²) < 4.78 is 5.52. The van der Waals surface area contributed by atoms with Gasteiger partial charge in [0.25, 0.3) is 5.91 Å². The topological polar surface area (TPSA) is 118 Å². The van der Waals surface area contributed by atoms with E-state index in [1.54, 1.807) is 5.38 Å². The number of nitrogens with one attached hydrogen (secondary N) is 2. The summed E-state index contributed by atoms with van der Waals surface area (Å²) in [6.45, 7) is 2.27. The Bertz CT molecular complexity index is 1180. The van der Waals surface area contributed by atoms with Crippen LogP contribution in [0.4, 0.5) is 4.79 Å². The molecule has 3 aromatic rings. The molecule has 35 heavy (non-hydrogen) atoms. The molecule has 4 rings (SSSR count). The van der Waals surface area contributed by atoms with Crippen molar-refractivity contribution in [3.8, 4) is 11.1 Å². The molecule has 0 unspecified atom stereocenters. The number of aromatic nitrogens is 1. The molecule has 8 nitrogen and oxygen atoms in total. The van der Waals surface area contributed by atoms with Gasteiger partial charge in [-0.05, 0) is 28.7 Å². The van der Waals surface area contributed by atoms with Crippen molar-refractivity contribution >= 4 is 29.3 Å². The number of hydrogen-bond acceptors (Lipinski definition) is 6. The first-order valence-electron chi connectivity index (χ1n) is 11.5. The number of carbonyl (C=O) groups is 3. The van der Waals surface area contributed by atoms with E-state index in [1.807, 2.05) is 31.2 Å². The van der Waals surface area contributed by atoms with Crippen LogP contribution in [0.5, 0.6) is 0 Å². The van der Waals surface area contributed by atoms with Crippen LogP contribution in [0.3, 0.4) is 0 Å². The summed E-state index contributed by atoms with van der Waals surface area (Å²) in [4.78, 5) is 40.1. The third kappa shape index (κ3) is 5.86. The summed E-state index contributed by atoms with van der Waals surface area (Å²) in [6, 6.07) is 15.8. The molecule has 1 heterocycles. The van der Waals surface area contributed by atoms with Crippen LogP contribution in [-0.2, 0) is 16.1 Å². The molecule has 1 aromatic heterocycles. The van der Waals surface area contributed by atoms with Crippen molar-refractivity contribution in [3.05, 3.63) is 75.7 Å². The van der Waals surface area contributed by atoms with Gasteiger partial charge >= 0.3 is 12.1 Å². The number of aliphatic carboxylic acids is 1. The van der Waals surface area contributed by atoms with Gasteiger partial charge in [-0.1, -0.05) is 61.9 Å². The number of carbonyl (C=O) groups excluding carboxylic acids is 2. The number of rotatable bonds is 10. The highest BCUT2D eigenvalue weighted by Gasteiger charge is 2.29. The molecule has 3 N–H and O–H groups in total. The second kappa shape index (κ2) is 11.1. The molecule has 0 saturated heterocycles. The number of benzene rings is 2. The number of thiazole rings is 1. The molecule has 9 heteroatoms. The summed E-state index contributed by atoms with van der Waals surface area (Å²) in [7, 11) is 0. The number of alkyl carbamates (subject to hydrolysis) is 1. The van der Waals surface area contributed by atoms with Crippen LogP contribution in [0.2, 0.25) is 0 Å². The summed E-state index contributed by atoms with van der Waals surface area (Å²) in [5.74, 6) is -1.41. The number of amides is 2. The van der Waals surface area contributed by atoms with E-state index >= 15 is 0 Å². The SMILES string of the molecule is CCC[C@@H](CC(=O)O)NC(=O)c1csc(CNC(=O)OCC2c3ccccc3-c3ccccc32)n1. The van der Waals surface area contributed by atoms with Crippen LogP contribution >= 0.6 is 11.3 Å². The Labute approximate surface area is 207 Å². The fraction of sp³-hybridized carbons (Fsp3) is 0.308. The molecule has 0 spiro atoms. The molecule has 0 bridgehead atoms. The van der Waals surface area contributed by atoms with Crippen LogP contribution in [-0.4, -0.2) is 40.7 Å².